The number of para-hydroxylation sites is 2. The molecule has 1 aromatic heterocycles. The standard InChI is InChI=1S/C27H19F3O6/c1-2-33-20-10-6-7-11-21(20)35-25-24(32)19-14-13-18(16-22(19)36-26(25)27(28,29)30)34-23(31)15-12-17-8-4-3-5-9-17/h3-16H,2H2,1H3/b15-12+. The molecule has 0 saturated heterocycles. The van der Waals surface area contributed by atoms with Gasteiger partial charge in [0.1, 0.15) is 11.3 Å². The van der Waals surface area contributed by atoms with Gasteiger partial charge in [-0.3, -0.25) is 4.79 Å². The number of rotatable bonds is 7. The van der Waals surface area contributed by atoms with Gasteiger partial charge in [0.2, 0.25) is 11.2 Å². The van der Waals surface area contributed by atoms with E-state index in [4.69, 9.17) is 18.6 Å². The molecule has 9 heteroatoms. The van der Waals surface area contributed by atoms with Gasteiger partial charge in [-0.25, -0.2) is 4.79 Å². The molecule has 0 amide bonds. The third-order valence-corrected chi connectivity index (χ3v) is 4.87. The van der Waals surface area contributed by atoms with Crippen LogP contribution in [0, 0.1) is 0 Å². The second-order valence-electron chi connectivity index (χ2n) is 7.39. The summed E-state index contributed by atoms with van der Waals surface area (Å²) >= 11 is 0. The monoisotopic (exact) mass is 496 g/mol. The number of ether oxygens (including phenoxy) is 3. The van der Waals surface area contributed by atoms with Crippen molar-refractivity contribution in [1.29, 1.82) is 0 Å². The predicted molar refractivity (Wildman–Crippen MR) is 126 cm³/mol. The van der Waals surface area contributed by atoms with Crippen LogP contribution in [-0.2, 0) is 11.0 Å². The second kappa shape index (κ2) is 10.4. The number of carbonyl (C=O) groups is 1. The van der Waals surface area contributed by atoms with Crippen molar-refractivity contribution in [2.24, 2.45) is 0 Å². The molecule has 184 valence electrons. The highest BCUT2D eigenvalue weighted by atomic mass is 19.4. The molecular weight excluding hydrogens is 477 g/mol. The van der Waals surface area contributed by atoms with Crippen molar-refractivity contribution in [1.82, 2.24) is 0 Å². The van der Waals surface area contributed by atoms with E-state index in [2.05, 4.69) is 0 Å². The Morgan fingerprint density at radius 2 is 1.67 bits per heavy atom. The van der Waals surface area contributed by atoms with Crippen LogP contribution >= 0.6 is 0 Å². The molecule has 0 aliphatic carbocycles. The van der Waals surface area contributed by atoms with Gasteiger partial charge >= 0.3 is 12.1 Å². The average molecular weight is 496 g/mol. The van der Waals surface area contributed by atoms with Crippen LogP contribution in [0.3, 0.4) is 0 Å². The number of hydrogen-bond donors (Lipinski definition) is 0. The fraction of sp³-hybridized carbons (Fsp3) is 0.111. The first kappa shape index (κ1) is 24.6. The fourth-order valence-electron chi connectivity index (χ4n) is 3.30. The molecule has 0 aliphatic rings. The minimum absolute atomic E-state index is 0.0766. The van der Waals surface area contributed by atoms with Crippen molar-refractivity contribution in [2.45, 2.75) is 13.1 Å². The Kier molecular flexibility index (Phi) is 7.10. The zero-order valence-corrected chi connectivity index (χ0v) is 18.9. The van der Waals surface area contributed by atoms with Crippen molar-refractivity contribution in [2.75, 3.05) is 6.61 Å². The van der Waals surface area contributed by atoms with Crippen molar-refractivity contribution in [3.05, 3.63) is 100 Å². The minimum Gasteiger partial charge on any atom is -0.490 e. The van der Waals surface area contributed by atoms with Gasteiger partial charge < -0.3 is 18.6 Å². The first-order valence-corrected chi connectivity index (χ1v) is 10.8. The molecule has 36 heavy (non-hydrogen) atoms. The molecule has 0 fully saturated rings. The van der Waals surface area contributed by atoms with E-state index in [-0.39, 0.29) is 29.2 Å². The summed E-state index contributed by atoms with van der Waals surface area (Å²) in [5.41, 5.74) is -0.709. The lowest BCUT2D eigenvalue weighted by Crippen LogP contribution is -2.16. The average Bonchev–Trinajstić information content (AvgIpc) is 2.85. The highest BCUT2D eigenvalue weighted by molar-refractivity contribution is 5.89. The molecule has 0 aliphatic heterocycles. The van der Waals surface area contributed by atoms with E-state index in [9.17, 15) is 22.8 Å². The molecule has 0 atom stereocenters. The van der Waals surface area contributed by atoms with E-state index in [0.717, 1.165) is 11.6 Å². The highest BCUT2D eigenvalue weighted by Gasteiger charge is 2.40. The van der Waals surface area contributed by atoms with Gasteiger partial charge in [-0.2, -0.15) is 13.2 Å². The molecular formula is C27H19F3O6. The summed E-state index contributed by atoms with van der Waals surface area (Å²) in [7, 11) is 0. The number of alkyl halides is 3. The van der Waals surface area contributed by atoms with E-state index in [0.29, 0.717) is 0 Å². The first-order valence-electron chi connectivity index (χ1n) is 10.8. The van der Waals surface area contributed by atoms with Crippen LogP contribution in [0.2, 0.25) is 0 Å². The lowest BCUT2D eigenvalue weighted by Gasteiger charge is -2.15. The van der Waals surface area contributed by atoms with E-state index >= 15 is 0 Å². The predicted octanol–water partition coefficient (Wildman–Crippen LogP) is 6.62. The number of esters is 1. The van der Waals surface area contributed by atoms with E-state index < -0.39 is 34.7 Å². The quantitative estimate of drug-likeness (QED) is 0.163. The van der Waals surface area contributed by atoms with E-state index in [1.165, 1.54) is 42.5 Å². The normalized spacial score (nSPS) is 11.6. The van der Waals surface area contributed by atoms with Crippen LogP contribution in [0.4, 0.5) is 13.2 Å². The first-order chi connectivity index (χ1) is 17.3. The summed E-state index contributed by atoms with van der Waals surface area (Å²) in [6, 6.07) is 18.5. The molecule has 6 nitrogen and oxygen atoms in total. The Labute approximate surface area is 203 Å². The van der Waals surface area contributed by atoms with Crippen LogP contribution in [-0.4, -0.2) is 12.6 Å². The summed E-state index contributed by atoms with van der Waals surface area (Å²) < 4.78 is 62.5. The Balaban J connectivity index is 1.69. The van der Waals surface area contributed by atoms with E-state index in [1.54, 1.807) is 37.3 Å². The van der Waals surface area contributed by atoms with E-state index in [1.807, 2.05) is 6.07 Å². The number of fused-ring (bicyclic) bond motifs is 1. The van der Waals surface area contributed by atoms with Crippen LogP contribution in [0.1, 0.15) is 18.2 Å². The second-order valence-corrected chi connectivity index (χ2v) is 7.39. The van der Waals surface area contributed by atoms with Crippen LogP contribution in [0.25, 0.3) is 17.0 Å². The maximum Gasteiger partial charge on any atom is 0.453 e. The maximum atomic E-state index is 13.8. The lowest BCUT2D eigenvalue weighted by atomic mass is 10.2. The van der Waals surface area contributed by atoms with Crippen molar-refractivity contribution >= 4 is 23.0 Å². The van der Waals surface area contributed by atoms with Crippen molar-refractivity contribution in [3.8, 4) is 23.0 Å². The molecule has 4 rings (SSSR count). The molecule has 1 heterocycles. The molecule has 3 aromatic carbocycles. The summed E-state index contributed by atoms with van der Waals surface area (Å²) in [6.45, 7) is 1.94. The summed E-state index contributed by atoms with van der Waals surface area (Å²) in [5.74, 6) is -3.43. The molecule has 0 unspecified atom stereocenters. The van der Waals surface area contributed by atoms with Gasteiger partial charge in [0.25, 0.3) is 5.76 Å². The number of hydrogen-bond acceptors (Lipinski definition) is 6. The zero-order valence-electron chi connectivity index (χ0n) is 18.9. The zero-order chi connectivity index (χ0) is 25.7. The minimum atomic E-state index is -5.05. The highest BCUT2D eigenvalue weighted by Crippen LogP contribution is 2.40. The molecule has 0 bridgehead atoms. The third kappa shape index (κ3) is 5.57. The van der Waals surface area contributed by atoms with Gasteiger partial charge in [0.15, 0.2) is 11.5 Å². The lowest BCUT2D eigenvalue weighted by molar-refractivity contribution is -0.154. The van der Waals surface area contributed by atoms with Crippen molar-refractivity contribution < 1.29 is 36.6 Å². The third-order valence-electron chi connectivity index (χ3n) is 4.87. The molecule has 0 saturated carbocycles. The molecule has 4 aromatic rings. The fourth-order valence-corrected chi connectivity index (χ4v) is 3.30. The SMILES string of the molecule is CCOc1ccccc1Oc1c(C(F)(F)F)oc2cc(OC(=O)/C=C/c3ccccc3)ccc2c1=O. The summed E-state index contributed by atoms with van der Waals surface area (Å²) in [4.78, 5) is 25.2. The topological polar surface area (TPSA) is 75.0 Å². The Morgan fingerprint density at radius 3 is 2.36 bits per heavy atom. The van der Waals surface area contributed by atoms with Gasteiger partial charge in [-0.1, -0.05) is 42.5 Å². The van der Waals surface area contributed by atoms with Crippen molar-refractivity contribution in [3.63, 3.8) is 0 Å². The maximum absolute atomic E-state index is 13.8. The Bertz CT molecular complexity index is 1470. The number of carbonyl (C=O) groups excluding carboxylic acids is 1. The molecule has 0 spiro atoms. The van der Waals surface area contributed by atoms with Gasteiger partial charge in [-0.05, 0) is 42.8 Å². The molecule has 0 N–H and O–H groups in total. The van der Waals surface area contributed by atoms with Gasteiger partial charge in [-0.15, -0.1) is 0 Å². The number of benzene rings is 3. The Hall–Kier alpha value is -4.53. The smallest absolute Gasteiger partial charge is 0.453 e. The Morgan fingerprint density at radius 1 is 0.972 bits per heavy atom. The number of halogens is 3. The van der Waals surface area contributed by atoms with Crippen LogP contribution in [0.5, 0.6) is 23.0 Å². The van der Waals surface area contributed by atoms with Gasteiger partial charge in [0.05, 0.1) is 12.0 Å². The van der Waals surface area contributed by atoms with Crippen LogP contribution < -0.4 is 19.6 Å². The van der Waals surface area contributed by atoms with Gasteiger partial charge in [0, 0.05) is 12.1 Å². The summed E-state index contributed by atoms with van der Waals surface area (Å²) in [5, 5.41) is -0.188. The molecule has 0 radical (unpaired) electrons. The summed E-state index contributed by atoms with van der Waals surface area (Å²) in [6.07, 6.45) is -2.35. The van der Waals surface area contributed by atoms with Crippen LogP contribution in [0.15, 0.2) is 88.1 Å². The largest absolute Gasteiger partial charge is 0.490 e.